The van der Waals surface area contributed by atoms with Crippen molar-refractivity contribution in [3.8, 4) is 0 Å². The third-order valence-corrected chi connectivity index (χ3v) is 3.39. The number of hydrogen-bond acceptors (Lipinski definition) is 2. The Hall–Kier alpha value is -1.80. The maximum Gasteiger partial charge on any atom is 0.0761 e. The molecule has 2 rings (SSSR count). The molecule has 0 spiro atoms. The molecule has 0 unspecified atom stereocenters. The second-order valence-corrected chi connectivity index (χ2v) is 4.92. The van der Waals surface area contributed by atoms with Crippen molar-refractivity contribution in [3.63, 3.8) is 0 Å². The number of aliphatic hydroxyl groups excluding tert-OH is 1. The molecule has 1 atom stereocenters. The first kappa shape index (κ1) is 13.6. The van der Waals surface area contributed by atoms with Gasteiger partial charge < -0.3 is 10.0 Å². The lowest BCUT2D eigenvalue weighted by Gasteiger charge is -2.20. The minimum absolute atomic E-state index is 0.399. The normalized spacial score (nSPS) is 12.2. The van der Waals surface area contributed by atoms with E-state index in [9.17, 15) is 5.11 Å². The van der Waals surface area contributed by atoms with Crippen molar-refractivity contribution < 1.29 is 5.11 Å². The number of anilines is 1. The van der Waals surface area contributed by atoms with Crippen LogP contribution >= 0.6 is 0 Å². The van der Waals surface area contributed by atoms with Crippen molar-refractivity contribution >= 4 is 5.69 Å². The maximum atomic E-state index is 9.49. The zero-order chi connectivity index (χ0) is 13.7. The highest BCUT2D eigenvalue weighted by Gasteiger charge is 2.04. The van der Waals surface area contributed by atoms with Crippen molar-refractivity contribution in [2.45, 2.75) is 19.4 Å². The van der Waals surface area contributed by atoms with Crippen LogP contribution in [-0.4, -0.2) is 18.7 Å². The number of rotatable bonds is 5. The van der Waals surface area contributed by atoms with E-state index in [1.165, 1.54) is 11.3 Å². The fourth-order valence-electron chi connectivity index (χ4n) is 2.08. The zero-order valence-electron chi connectivity index (χ0n) is 11.6. The molecule has 0 amide bonds. The summed E-state index contributed by atoms with van der Waals surface area (Å²) in [6, 6.07) is 18.6. The van der Waals surface area contributed by atoms with Crippen LogP contribution in [0.1, 0.15) is 24.2 Å². The zero-order valence-corrected chi connectivity index (χ0v) is 11.6. The van der Waals surface area contributed by atoms with Crippen molar-refractivity contribution in [1.82, 2.24) is 0 Å². The molecule has 0 saturated carbocycles. The molecule has 1 N–H and O–H groups in total. The maximum absolute atomic E-state index is 9.49. The van der Waals surface area contributed by atoms with E-state index < -0.39 is 6.10 Å². The highest BCUT2D eigenvalue weighted by Crippen LogP contribution is 2.18. The molecule has 2 heteroatoms. The van der Waals surface area contributed by atoms with Crippen LogP contribution in [0.3, 0.4) is 0 Å². The largest absolute Gasteiger partial charge is 0.389 e. The van der Waals surface area contributed by atoms with Crippen LogP contribution in [0.2, 0.25) is 0 Å². The van der Waals surface area contributed by atoms with Crippen LogP contribution in [0.25, 0.3) is 0 Å². The molecule has 2 aromatic carbocycles. The second kappa shape index (κ2) is 6.39. The molecule has 0 saturated heterocycles. The second-order valence-electron chi connectivity index (χ2n) is 4.92. The van der Waals surface area contributed by atoms with E-state index in [4.69, 9.17) is 0 Å². The summed E-state index contributed by atoms with van der Waals surface area (Å²) in [4.78, 5) is 2.23. The molecule has 19 heavy (non-hydrogen) atoms. The lowest BCUT2D eigenvalue weighted by atomic mass is 10.1. The molecule has 2 nitrogen and oxygen atoms in total. The molecule has 2 aromatic rings. The van der Waals surface area contributed by atoms with Crippen LogP contribution in [0.4, 0.5) is 5.69 Å². The first-order valence-electron chi connectivity index (χ1n) is 6.70. The van der Waals surface area contributed by atoms with Crippen LogP contribution in [0.15, 0.2) is 54.6 Å². The molecule has 0 fully saturated rings. The molecule has 0 aliphatic carbocycles. The minimum Gasteiger partial charge on any atom is -0.389 e. The number of benzene rings is 2. The van der Waals surface area contributed by atoms with Gasteiger partial charge in [0.05, 0.1) is 6.10 Å². The highest BCUT2D eigenvalue weighted by atomic mass is 16.3. The fourth-order valence-corrected chi connectivity index (χ4v) is 2.08. The van der Waals surface area contributed by atoms with Gasteiger partial charge in [0.15, 0.2) is 0 Å². The van der Waals surface area contributed by atoms with E-state index in [2.05, 4.69) is 48.3 Å². The van der Waals surface area contributed by atoms with Crippen LogP contribution in [-0.2, 0) is 6.42 Å². The lowest BCUT2D eigenvalue weighted by Crippen LogP contribution is -2.20. The number of likely N-dealkylation sites (N-methyl/N-ethyl adjacent to an activating group) is 1. The number of aliphatic hydroxyl groups is 1. The summed E-state index contributed by atoms with van der Waals surface area (Å²) in [6.07, 6.45) is 0.638. The molecule has 0 heterocycles. The third-order valence-electron chi connectivity index (χ3n) is 3.39. The predicted molar refractivity (Wildman–Crippen MR) is 80.5 cm³/mol. The summed E-state index contributed by atoms with van der Waals surface area (Å²) in [5.41, 5.74) is 3.50. The van der Waals surface area contributed by atoms with Gasteiger partial charge in [-0.05, 0) is 36.6 Å². The van der Waals surface area contributed by atoms with E-state index in [-0.39, 0.29) is 0 Å². The van der Waals surface area contributed by atoms with Crippen molar-refractivity contribution in [2.75, 3.05) is 18.5 Å². The quantitative estimate of drug-likeness (QED) is 0.885. The average Bonchev–Trinajstić information content (AvgIpc) is 2.46. The summed E-state index contributed by atoms with van der Waals surface area (Å²) >= 11 is 0. The van der Waals surface area contributed by atoms with Crippen molar-refractivity contribution in [1.29, 1.82) is 0 Å². The molecule has 100 valence electrons. The van der Waals surface area contributed by atoms with Gasteiger partial charge in [0, 0.05) is 19.3 Å². The summed E-state index contributed by atoms with van der Waals surface area (Å²) in [5.74, 6) is 0. The minimum atomic E-state index is -0.399. The average molecular weight is 255 g/mol. The van der Waals surface area contributed by atoms with Crippen LogP contribution in [0.5, 0.6) is 0 Å². The predicted octanol–water partition coefficient (Wildman–Crippen LogP) is 3.42. The van der Waals surface area contributed by atoms with Gasteiger partial charge in [0.2, 0.25) is 0 Å². The Morgan fingerprint density at radius 1 is 1.00 bits per heavy atom. The van der Waals surface area contributed by atoms with Crippen LogP contribution in [0, 0.1) is 0 Å². The molecule has 0 radical (unpaired) electrons. The van der Waals surface area contributed by atoms with Gasteiger partial charge >= 0.3 is 0 Å². The van der Waals surface area contributed by atoms with Gasteiger partial charge in [-0.3, -0.25) is 0 Å². The van der Waals surface area contributed by atoms with Crippen LogP contribution < -0.4 is 4.90 Å². The Morgan fingerprint density at radius 2 is 1.63 bits per heavy atom. The van der Waals surface area contributed by atoms with Gasteiger partial charge in [0.25, 0.3) is 0 Å². The summed E-state index contributed by atoms with van der Waals surface area (Å²) in [6.45, 7) is 2.77. The van der Waals surface area contributed by atoms with Gasteiger partial charge in [0.1, 0.15) is 0 Å². The Balaban J connectivity index is 1.94. The molecule has 0 aliphatic rings. The molecule has 0 aromatic heterocycles. The Kier molecular flexibility index (Phi) is 4.58. The molecular formula is C17H21NO. The van der Waals surface area contributed by atoms with E-state index in [1.807, 2.05) is 18.2 Å². The Morgan fingerprint density at radius 3 is 2.21 bits per heavy atom. The van der Waals surface area contributed by atoms with Gasteiger partial charge in [-0.15, -0.1) is 0 Å². The number of nitrogens with zero attached hydrogens (tertiary/aromatic N) is 1. The van der Waals surface area contributed by atoms with E-state index >= 15 is 0 Å². The smallest absolute Gasteiger partial charge is 0.0761 e. The molecule has 0 bridgehead atoms. The number of hydrogen-bond donors (Lipinski definition) is 1. The molecular weight excluding hydrogens is 234 g/mol. The van der Waals surface area contributed by atoms with E-state index in [1.54, 1.807) is 6.92 Å². The van der Waals surface area contributed by atoms with Gasteiger partial charge in [-0.1, -0.05) is 42.5 Å². The third kappa shape index (κ3) is 3.83. The summed E-state index contributed by atoms with van der Waals surface area (Å²) in [7, 11) is 2.10. The standard InChI is InChI=1S/C17H21NO/c1-14(19)16-8-10-17(11-9-16)18(2)13-12-15-6-4-3-5-7-15/h3-11,14,19H,12-13H2,1-2H3/t14-/m0/s1. The molecule has 0 aliphatic heterocycles. The summed E-state index contributed by atoms with van der Waals surface area (Å²) in [5, 5.41) is 9.49. The fraction of sp³-hybridized carbons (Fsp3) is 0.294. The Labute approximate surface area is 115 Å². The van der Waals surface area contributed by atoms with Gasteiger partial charge in [-0.2, -0.15) is 0 Å². The van der Waals surface area contributed by atoms with Gasteiger partial charge in [-0.25, -0.2) is 0 Å². The van der Waals surface area contributed by atoms with E-state index in [0.29, 0.717) is 0 Å². The lowest BCUT2D eigenvalue weighted by molar-refractivity contribution is 0.199. The van der Waals surface area contributed by atoms with Crippen molar-refractivity contribution in [2.24, 2.45) is 0 Å². The van der Waals surface area contributed by atoms with E-state index in [0.717, 1.165) is 18.5 Å². The Bertz CT molecular complexity index is 490. The monoisotopic (exact) mass is 255 g/mol. The van der Waals surface area contributed by atoms with Crippen molar-refractivity contribution in [3.05, 3.63) is 65.7 Å². The SMILES string of the molecule is C[C@H](O)c1ccc(N(C)CCc2ccccc2)cc1. The first-order valence-corrected chi connectivity index (χ1v) is 6.70. The first-order chi connectivity index (χ1) is 9.16. The summed E-state index contributed by atoms with van der Waals surface area (Å²) < 4.78 is 0. The topological polar surface area (TPSA) is 23.5 Å². The highest BCUT2D eigenvalue weighted by molar-refractivity contribution is 5.47.